The Kier molecular flexibility index (Phi) is 5.55. The second-order valence-electron chi connectivity index (χ2n) is 3.11. The van der Waals surface area contributed by atoms with Crippen LogP contribution in [0.3, 0.4) is 0 Å². The maximum atomic E-state index is 10.8. The van der Waals surface area contributed by atoms with Crippen LogP contribution in [0.1, 0.15) is 13.8 Å². The number of aliphatic hydroxyl groups excluding tert-OH is 1. The van der Waals surface area contributed by atoms with E-state index in [4.69, 9.17) is 5.11 Å². The van der Waals surface area contributed by atoms with Crippen LogP contribution in [0.2, 0.25) is 0 Å². The largest absolute Gasteiger partial charge is 0.478 e. The van der Waals surface area contributed by atoms with Crippen molar-refractivity contribution >= 4 is 11.9 Å². The Morgan fingerprint density at radius 3 is 2.36 bits per heavy atom. The highest BCUT2D eigenvalue weighted by Crippen LogP contribution is 2.01. The molecule has 0 bridgehead atoms. The minimum absolute atomic E-state index is 0.00810. The first kappa shape index (κ1) is 12.6. The third-order valence-corrected chi connectivity index (χ3v) is 1.53. The molecule has 0 saturated carbocycles. The van der Waals surface area contributed by atoms with Crippen molar-refractivity contribution in [3.05, 3.63) is 12.2 Å². The number of carbonyl (C=O) groups is 2. The van der Waals surface area contributed by atoms with E-state index in [9.17, 15) is 14.7 Å². The van der Waals surface area contributed by atoms with Crippen molar-refractivity contribution in [3.8, 4) is 0 Å². The summed E-state index contributed by atoms with van der Waals surface area (Å²) < 4.78 is 4.58. The highest BCUT2D eigenvalue weighted by Gasteiger charge is 2.10. The number of hydrogen-bond acceptors (Lipinski definition) is 4. The maximum Gasteiger partial charge on any atom is 0.331 e. The molecule has 0 fully saturated rings. The van der Waals surface area contributed by atoms with Crippen molar-refractivity contribution < 1.29 is 24.5 Å². The van der Waals surface area contributed by atoms with E-state index < -0.39 is 18.0 Å². The van der Waals surface area contributed by atoms with E-state index in [0.29, 0.717) is 6.08 Å². The highest BCUT2D eigenvalue weighted by molar-refractivity contribution is 5.90. The zero-order chi connectivity index (χ0) is 11.1. The summed E-state index contributed by atoms with van der Waals surface area (Å²) in [6, 6.07) is 0. The van der Waals surface area contributed by atoms with Crippen LogP contribution >= 0.6 is 0 Å². The first-order chi connectivity index (χ1) is 6.43. The first-order valence-corrected chi connectivity index (χ1v) is 4.19. The van der Waals surface area contributed by atoms with Crippen LogP contribution in [0.15, 0.2) is 12.2 Å². The van der Waals surface area contributed by atoms with Crippen LogP contribution in [0.4, 0.5) is 0 Å². The van der Waals surface area contributed by atoms with Gasteiger partial charge in [0, 0.05) is 12.2 Å². The monoisotopic (exact) mass is 202 g/mol. The standard InChI is InChI=1S/C9H14O5/c1-6(2)7(10)5-14-9(13)4-3-8(11)12/h3-4,6-7,10H,5H2,1-2H3,(H,11,12)/b4-3+. The fraction of sp³-hybridized carbons (Fsp3) is 0.556. The predicted octanol–water partition coefficient (Wildman–Crippen LogP) is 0.187. The minimum Gasteiger partial charge on any atom is -0.478 e. The predicted molar refractivity (Wildman–Crippen MR) is 48.6 cm³/mol. The summed E-state index contributed by atoms with van der Waals surface area (Å²) in [5, 5.41) is 17.4. The Morgan fingerprint density at radius 2 is 1.93 bits per heavy atom. The molecule has 80 valence electrons. The molecule has 14 heavy (non-hydrogen) atoms. The summed E-state index contributed by atoms with van der Waals surface area (Å²) >= 11 is 0. The average molecular weight is 202 g/mol. The Bertz CT molecular complexity index is 231. The summed E-state index contributed by atoms with van der Waals surface area (Å²) in [4.78, 5) is 20.8. The lowest BCUT2D eigenvalue weighted by atomic mass is 10.1. The smallest absolute Gasteiger partial charge is 0.331 e. The van der Waals surface area contributed by atoms with Gasteiger partial charge in [0.2, 0.25) is 0 Å². The molecule has 0 radical (unpaired) electrons. The molecule has 0 spiro atoms. The molecular formula is C9H14O5. The van der Waals surface area contributed by atoms with Gasteiger partial charge in [-0.05, 0) is 5.92 Å². The number of rotatable bonds is 5. The Labute approximate surface area is 82.0 Å². The number of esters is 1. The highest BCUT2D eigenvalue weighted by atomic mass is 16.5. The van der Waals surface area contributed by atoms with Gasteiger partial charge in [-0.1, -0.05) is 13.8 Å². The lowest BCUT2D eigenvalue weighted by Crippen LogP contribution is -2.23. The third kappa shape index (κ3) is 6.19. The fourth-order valence-corrected chi connectivity index (χ4v) is 0.547. The molecule has 0 amide bonds. The summed E-state index contributed by atoms with van der Waals surface area (Å²) in [5.74, 6) is -2.00. The van der Waals surface area contributed by atoms with Crippen LogP contribution in [0.25, 0.3) is 0 Å². The van der Waals surface area contributed by atoms with Crippen LogP contribution in [0, 0.1) is 5.92 Å². The van der Waals surface area contributed by atoms with E-state index in [0.717, 1.165) is 6.08 Å². The number of carboxylic acid groups (broad SMARTS) is 1. The van der Waals surface area contributed by atoms with Crippen molar-refractivity contribution in [1.82, 2.24) is 0 Å². The van der Waals surface area contributed by atoms with Crippen LogP contribution < -0.4 is 0 Å². The number of aliphatic carboxylic acids is 1. The van der Waals surface area contributed by atoms with Crippen LogP contribution in [0.5, 0.6) is 0 Å². The molecule has 0 aromatic rings. The second-order valence-corrected chi connectivity index (χ2v) is 3.11. The number of hydrogen-bond donors (Lipinski definition) is 2. The van der Waals surface area contributed by atoms with E-state index in [1.54, 1.807) is 13.8 Å². The van der Waals surface area contributed by atoms with E-state index in [-0.39, 0.29) is 12.5 Å². The number of aliphatic hydroxyl groups is 1. The fourth-order valence-electron chi connectivity index (χ4n) is 0.547. The van der Waals surface area contributed by atoms with Gasteiger partial charge >= 0.3 is 11.9 Å². The summed E-state index contributed by atoms with van der Waals surface area (Å²) in [7, 11) is 0. The molecule has 0 heterocycles. The van der Waals surface area contributed by atoms with E-state index in [1.807, 2.05) is 0 Å². The van der Waals surface area contributed by atoms with E-state index in [1.165, 1.54) is 0 Å². The second kappa shape index (κ2) is 6.15. The van der Waals surface area contributed by atoms with Gasteiger partial charge < -0.3 is 14.9 Å². The maximum absolute atomic E-state index is 10.8. The minimum atomic E-state index is -1.22. The molecule has 0 aliphatic heterocycles. The lowest BCUT2D eigenvalue weighted by Gasteiger charge is -2.13. The SMILES string of the molecule is CC(C)C(O)COC(=O)/C=C/C(=O)O. The molecule has 2 N–H and O–H groups in total. The molecule has 0 rings (SSSR count). The van der Waals surface area contributed by atoms with Crippen molar-refractivity contribution in [2.24, 2.45) is 5.92 Å². The van der Waals surface area contributed by atoms with Crippen molar-refractivity contribution in [2.75, 3.05) is 6.61 Å². The van der Waals surface area contributed by atoms with Gasteiger partial charge in [0.1, 0.15) is 6.61 Å². The van der Waals surface area contributed by atoms with Gasteiger partial charge in [-0.25, -0.2) is 9.59 Å². The zero-order valence-corrected chi connectivity index (χ0v) is 8.14. The van der Waals surface area contributed by atoms with Crippen molar-refractivity contribution in [3.63, 3.8) is 0 Å². The van der Waals surface area contributed by atoms with Gasteiger partial charge in [0.05, 0.1) is 6.10 Å². The number of carboxylic acids is 1. The molecule has 1 unspecified atom stereocenters. The normalized spacial score (nSPS) is 13.1. The molecular weight excluding hydrogens is 188 g/mol. The van der Waals surface area contributed by atoms with Crippen molar-refractivity contribution in [2.45, 2.75) is 20.0 Å². The van der Waals surface area contributed by atoms with Gasteiger partial charge in [0.25, 0.3) is 0 Å². The van der Waals surface area contributed by atoms with Gasteiger partial charge in [0.15, 0.2) is 0 Å². The van der Waals surface area contributed by atoms with E-state index >= 15 is 0 Å². The first-order valence-electron chi connectivity index (χ1n) is 4.19. The molecule has 0 aromatic carbocycles. The third-order valence-electron chi connectivity index (χ3n) is 1.53. The zero-order valence-electron chi connectivity index (χ0n) is 8.14. The van der Waals surface area contributed by atoms with Gasteiger partial charge in [-0.3, -0.25) is 0 Å². The molecule has 1 atom stereocenters. The van der Waals surface area contributed by atoms with Gasteiger partial charge in [-0.15, -0.1) is 0 Å². The molecule has 0 saturated heterocycles. The lowest BCUT2D eigenvalue weighted by molar-refractivity contribution is -0.142. The average Bonchev–Trinajstić information content (AvgIpc) is 2.10. The topological polar surface area (TPSA) is 83.8 Å². The molecule has 5 nitrogen and oxygen atoms in total. The molecule has 0 aliphatic carbocycles. The summed E-state index contributed by atoms with van der Waals surface area (Å²) in [6.45, 7) is 3.44. The Hall–Kier alpha value is -1.36. The van der Waals surface area contributed by atoms with Crippen molar-refractivity contribution in [1.29, 1.82) is 0 Å². The number of ether oxygens (including phenoxy) is 1. The molecule has 0 aromatic heterocycles. The molecule has 0 aliphatic rings. The van der Waals surface area contributed by atoms with Crippen LogP contribution in [-0.4, -0.2) is 34.9 Å². The Morgan fingerprint density at radius 1 is 1.36 bits per heavy atom. The van der Waals surface area contributed by atoms with E-state index in [2.05, 4.69) is 4.74 Å². The summed E-state index contributed by atoms with van der Waals surface area (Å²) in [5.41, 5.74) is 0. The van der Waals surface area contributed by atoms with Crippen LogP contribution in [-0.2, 0) is 14.3 Å². The quantitative estimate of drug-likeness (QED) is 0.491. The molecule has 5 heteroatoms. The number of carbonyl (C=O) groups excluding carboxylic acids is 1. The van der Waals surface area contributed by atoms with Gasteiger partial charge in [-0.2, -0.15) is 0 Å². The Balaban J connectivity index is 3.80. The summed E-state index contributed by atoms with van der Waals surface area (Å²) in [6.07, 6.45) is 0.761.